The van der Waals surface area contributed by atoms with Gasteiger partial charge in [-0.15, -0.1) is 0 Å². The van der Waals surface area contributed by atoms with Crippen LogP contribution in [0.2, 0.25) is 18.1 Å². The summed E-state index contributed by atoms with van der Waals surface area (Å²) in [6.45, 7) is 12.1. The van der Waals surface area contributed by atoms with Gasteiger partial charge in [0.2, 0.25) is 10.0 Å². The van der Waals surface area contributed by atoms with Crippen LogP contribution in [0.4, 0.5) is 10.1 Å². The molecule has 1 saturated carbocycles. The highest BCUT2D eigenvalue weighted by Crippen LogP contribution is 2.50. The molecule has 41 heavy (non-hydrogen) atoms. The van der Waals surface area contributed by atoms with E-state index in [4.69, 9.17) is 8.84 Å². The number of rotatable bonds is 11. The molecule has 0 spiro atoms. The van der Waals surface area contributed by atoms with Crippen molar-refractivity contribution in [3.8, 4) is 22.7 Å². The average Bonchev–Trinajstić information content (AvgIpc) is 3.45. The summed E-state index contributed by atoms with van der Waals surface area (Å²) >= 11 is 0. The Labute approximate surface area is 243 Å². The van der Waals surface area contributed by atoms with Crippen molar-refractivity contribution in [2.45, 2.75) is 70.5 Å². The summed E-state index contributed by atoms with van der Waals surface area (Å²) in [6.07, 6.45) is 8.19. The Morgan fingerprint density at radius 3 is 2.44 bits per heavy atom. The van der Waals surface area contributed by atoms with Gasteiger partial charge in [0, 0.05) is 42.6 Å². The number of H-pyrrole nitrogens is 1. The zero-order chi connectivity index (χ0) is 29.6. The van der Waals surface area contributed by atoms with Gasteiger partial charge < -0.3 is 13.8 Å². The van der Waals surface area contributed by atoms with Crippen molar-refractivity contribution in [1.82, 2.24) is 9.97 Å². The molecule has 220 valence electrons. The number of benzene rings is 2. The van der Waals surface area contributed by atoms with E-state index in [0.29, 0.717) is 48.3 Å². The fraction of sp³-hybridized carbons (Fsp3) is 0.452. The molecule has 7 nitrogen and oxygen atoms in total. The lowest BCUT2D eigenvalue weighted by molar-refractivity contribution is 0.280. The summed E-state index contributed by atoms with van der Waals surface area (Å²) in [7, 11) is -5.41. The summed E-state index contributed by atoms with van der Waals surface area (Å²) in [5, 5.41) is 1.05. The first-order valence-corrected chi connectivity index (χ1v) is 19.0. The molecule has 1 aliphatic rings. The van der Waals surface area contributed by atoms with E-state index in [1.54, 1.807) is 24.5 Å². The number of furan rings is 1. The van der Waals surface area contributed by atoms with E-state index < -0.39 is 18.3 Å². The summed E-state index contributed by atoms with van der Waals surface area (Å²) < 4.78 is 54.1. The van der Waals surface area contributed by atoms with Crippen LogP contribution in [0.25, 0.3) is 33.7 Å². The van der Waals surface area contributed by atoms with E-state index in [1.807, 2.05) is 12.1 Å². The molecule has 5 rings (SSSR count). The fourth-order valence-electron chi connectivity index (χ4n) is 4.92. The Bertz CT molecular complexity index is 1620. The molecule has 10 heteroatoms. The van der Waals surface area contributed by atoms with E-state index in [-0.39, 0.29) is 10.9 Å². The number of imidazole rings is 1. The highest BCUT2D eigenvalue weighted by molar-refractivity contribution is 7.92. The number of nitrogens with one attached hydrogen (secondary N) is 1. The summed E-state index contributed by atoms with van der Waals surface area (Å²) in [4.78, 5) is 7.72. The molecular weight excluding hydrogens is 558 g/mol. The number of anilines is 1. The topological polar surface area (TPSA) is 88.4 Å². The molecule has 1 N–H and O–H groups in total. The average molecular weight is 598 g/mol. The molecule has 4 aromatic rings. The number of unbranched alkanes of at least 4 members (excludes halogenated alkanes) is 1. The first-order chi connectivity index (χ1) is 19.3. The molecule has 0 atom stereocenters. The van der Waals surface area contributed by atoms with Crippen molar-refractivity contribution in [3.63, 3.8) is 0 Å². The van der Waals surface area contributed by atoms with E-state index in [1.165, 1.54) is 22.7 Å². The molecule has 0 amide bonds. The largest absolute Gasteiger partial charge is 0.455 e. The lowest BCUT2D eigenvalue weighted by Crippen LogP contribution is -2.41. The maximum atomic E-state index is 13.8. The maximum Gasteiger partial charge on any atom is 0.232 e. The van der Waals surface area contributed by atoms with Gasteiger partial charge in [-0.1, -0.05) is 20.8 Å². The highest BCUT2D eigenvalue weighted by atomic mass is 32.2. The van der Waals surface area contributed by atoms with Gasteiger partial charge in [-0.3, -0.25) is 4.31 Å². The van der Waals surface area contributed by atoms with Gasteiger partial charge in [0.15, 0.2) is 8.32 Å². The third-order valence-corrected chi connectivity index (χ3v) is 14.1. The van der Waals surface area contributed by atoms with Crippen LogP contribution in [-0.2, 0) is 14.4 Å². The Hall–Kier alpha value is -2.95. The van der Waals surface area contributed by atoms with Crippen molar-refractivity contribution in [1.29, 1.82) is 0 Å². The molecule has 1 fully saturated rings. The van der Waals surface area contributed by atoms with Gasteiger partial charge in [-0.05, 0) is 85.6 Å². The van der Waals surface area contributed by atoms with Crippen molar-refractivity contribution >= 4 is 35.0 Å². The van der Waals surface area contributed by atoms with E-state index in [2.05, 4.69) is 43.8 Å². The summed E-state index contributed by atoms with van der Waals surface area (Å²) in [5.41, 5.74) is 3.76. The molecule has 2 aromatic carbocycles. The maximum absolute atomic E-state index is 13.8. The van der Waals surface area contributed by atoms with Crippen LogP contribution >= 0.6 is 0 Å². The molecule has 0 saturated heterocycles. The monoisotopic (exact) mass is 597 g/mol. The third-order valence-electron chi connectivity index (χ3n) is 8.38. The van der Waals surface area contributed by atoms with Crippen LogP contribution in [-0.4, -0.2) is 46.1 Å². The first-order valence-electron chi connectivity index (χ1n) is 14.2. The second-order valence-electron chi connectivity index (χ2n) is 12.6. The van der Waals surface area contributed by atoms with E-state index in [9.17, 15) is 12.8 Å². The predicted molar refractivity (Wildman–Crippen MR) is 166 cm³/mol. The van der Waals surface area contributed by atoms with Crippen molar-refractivity contribution in [2.24, 2.45) is 0 Å². The molecule has 2 heterocycles. The van der Waals surface area contributed by atoms with Crippen LogP contribution in [0, 0.1) is 5.82 Å². The number of aromatic amines is 1. The van der Waals surface area contributed by atoms with Gasteiger partial charge in [0.1, 0.15) is 23.0 Å². The fourth-order valence-corrected chi connectivity index (χ4v) is 6.96. The Balaban J connectivity index is 1.51. The number of nitrogens with zero attached hydrogens (tertiary/aromatic N) is 2. The van der Waals surface area contributed by atoms with E-state index >= 15 is 0 Å². The molecule has 0 radical (unpaired) electrons. The standard InChI is InChI=1S/C31H40FN3O4SSi/c1-31(2,3)41(5,6)38-18-8-7-17-35(40(4,36)37)24-19-25(21-9-10-21)27-26(20-24)39-29(22-11-13-23(32)14-12-22)28(27)30-33-15-16-34-30/h11-16,19-21H,7-10,17-18H2,1-6H3,(H,33,34). The van der Waals surface area contributed by atoms with Crippen LogP contribution in [0.1, 0.15) is 57.9 Å². The van der Waals surface area contributed by atoms with Gasteiger partial charge >= 0.3 is 0 Å². The van der Waals surface area contributed by atoms with Crippen molar-refractivity contribution < 1.29 is 21.7 Å². The zero-order valence-corrected chi connectivity index (χ0v) is 26.6. The van der Waals surface area contributed by atoms with Crippen LogP contribution in [0.5, 0.6) is 0 Å². The van der Waals surface area contributed by atoms with Gasteiger partial charge in [-0.25, -0.2) is 17.8 Å². The lowest BCUT2D eigenvalue weighted by atomic mass is 9.98. The smallest absolute Gasteiger partial charge is 0.232 e. The summed E-state index contributed by atoms with van der Waals surface area (Å²) in [6, 6.07) is 10.00. The summed E-state index contributed by atoms with van der Waals surface area (Å²) in [5.74, 6) is 1.20. The quantitative estimate of drug-likeness (QED) is 0.139. The van der Waals surface area contributed by atoms with Crippen LogP contribution in [0.15, 0.2) is 53.2 Å². The molecule has 2 aromatic heterocycles. The Morgan fingerprint density at radius 1 is 1.15 bits per heavy atom. The van der Waals surface area contributed by atoms with Gasteiger partial charge in [-0.2, -0.15) is 0 Å². The minimum atomic E-state index is -3.55. The number of sulfonamides is 1. The minimum absolute atomic E-state index is 0.130. The van der Waals surface area contributed by atoms with Crippen molar-refractivity contribution in [3.05, 3.63) is 60.2 Å². The van der Waals surface area contributed by atoms with Crippen LogP contribution < -0.4 is 4.31 Å². The highest BCUT2D eigenvalue weighted by Gasteiger charge is 2.37. The number of halogens is 1. The normalized spacial score (nSPS) is 14.6. The van der Waals surface area contributed by atoms with E-state index in [0.717, 1.165) is 41.3 Å². The van der Waals surface area contributed by atoms with Crippen LogP contribution in [0.3, 0.4) is 0 Å². The predicted octanol–water partition coefficient (Wildman–Crippen LogP) is 8.07. The molecule has 0 unspecified atom stereocenters. The second-order valence-corrected chi connectivity index (χ2v) is 19.3. The molecule has 0 aliphatic heterocycles. The van der Waals surface area contributed by atoms with Gasteiger partial charge in [0.05, 0.1) is 17.5 Å². The SMILES string of the molecule is CC(C)(C)[Si](C)(C)OCCCCN(c1cc(C2CC2)c2c(-c3ncc[nH]3)c(-c3ccc(F)cc3)oc2c1)S(C)(=O)=O. The Morgan fingerprint density at radius 2 is 1.85 bits per heavy atom. The van der Waals surface area contributed by atoms with Gasteiger partial charge in [0.25, 0.3) is 0 Å². The molecule has 1 aliphatic carbocycles. The lowest BCUT2D eigenvalue weighted by Gasteiger charge is -2.36. The minimum Gasteiger partial charge on any atom is -0.455 e. The number of hydrogen-bond acceptors (Lipinski definition) is 5. The second kappa shape index (κ2) is 11.0. The first kappa shape index (κ1) is 29.5. The molecule has 0 bridgehead atoms. The number of fused-ring (bicyclic) bond motifs is 1. The molecular formula is C31H40FN3O4SSi. The third kappa shape index (κ3) is 6.29. The number of aromatic nitrogens is 2. The van der Waals surface area contributed by atoms with Crippen molar-refractivity contribution in [2.75, 3.05) is 23.7 Å². The Kier molecular flexibility index (Phi) is 7.95. The zero-order valence-electron chi connectivity index (χ0n) is 24.8. The number of hydrogen-bond donors (Lipinski definition) is 1.